The standard InChI is InChI=1S/C17H21F3N4/c1-4-5-10-24(3)16-21-12(2)11-15(23-16)22-14-9-7-6-8-13(14)17(18,19)20/h6-9,11H,4-5,10H2,1-3H3,(H,21,22,23). The van der Waals surface area contributed by atoms with E-state index in [1.165, 1.54) is 12.1 Å². The van der Waals surface area contributed by atoms with Gasteiger partial charge in [0.05, 0.1) is 11.3 Å². The number of alkyl halides is 3. The summed E-state index contributed by atoms with van der Waals surface area (Å²) in [6.07, 6.45) is -2.39. The first-order chi connectivity index (χ1) is 11.3. The number of para-hydroxylation sites is 1. The summed E-state index contributed by atoms with van der Waals surface area (Å²) in [5.74, 6) is 0.841. The molecule has 0 fully saturated rings. The molecule has 130 valence electrons. The Bertz CT molecular complexity index is 686. The van der Waals surface area contributed by atoms with Gasteiger partial charge < -0.3 is 10.2 Å². The number of unbranched alkanes of at least 4 members (excludes halogenated alkanes) is 1. The van der Waals surface area contributed by atoms with Gasteiger partial charge >= 0.3 is 6.18 Å². The molecular formula is C17H21F3N4. The fourth-order valence-electron chi connectivity index (χ4n) is 2.26. The molecule has 0 radical (unpaired) electrons. The summed E-state index contributed by atoms with van der Waals surface area (Å²) >= 11 is 0. The van der Waals surface area contributed by atoms with Gasteiger partial charge in [-0.15, -0.1) is 0 Å². The van der Waals surface area contributed by atoms with Crippen LogP contribution in [0.4, 0.5) is 30.6 Å². The lowest BCUT2D eigenvalue weighted by atomic mass is 10.1. The molecule has 0 amide bonds. The number of rotatable bonds is 6. The first kappa shape index (κ1) is 18.0. The van der Waals surface area contributed by atoms with Crippen molar-refractivity contribution in [2.45, 2.75) is 32.9 Å². The molecule has 0 unspecified atom stereocenters. The van der Waals surface area contributed by atoms with Gasteiger partial charge in [-0.2, -0.15) is 18.2 Å². The minimum Gasteiger partial charge on any atom is -0.344 e. The Morgan fingerprint density at radius 2 is 1.88 bits per heavy atom. The zero-order chi connectivity index (χ0) is 17.7. The Hall–Kier alpha value is -2.31. The highest BCUT2D eigenvalue weighted by atomic mass is 19.4. The molecule has 0 saturated heterocycles. The van der Waals surface area contributed by atoms with Crippen molar-refractivity contribution in [3.05, 3.63) is 41.6 Å². The van der Waals surface area contributed by atoms with E-state index in [-0.39, 0.29) is 5.69 Å². The molecular weight excluding hydrogens is 317 g/mol. The van der Waals surface area contributed by atoms with Crippen LogP contribution in [0.15, 0.2) is 30.3 Å². The molecule has 1 heterocycles. The van der Waals surface area contributed by atoms with Crippen molar-refractivity contribution >= 4 is 17.5 Å². The second kappa shape index (κ2) is 7.51. The Balaban J connectivity index is 2.30. The summed E-state index contributed by atoms with van der Waals surface area (Å²) in [4.78, 5) is 10.6. The minimum atomic E-state index is -4.42. The minimum absolute atomic E-state index is 0.0229. The molecule has 24 heavy (non-hydrogen) atoms. The molecule has 4 nitrogen and oxygen atoms in total. The largest absolute Gasteiger partial charge is 0.418 e. The van der Waals surface area contributed by atoms with Crippen molar-refractivity contribution in [3.63, 3.8) is 0 Å². The van der Waals surface area contributed by atoms with Crippen LogP contribution in [0.2, 0.25) is 0 Å². The van der Waals surface area contributed by atoms with Crippen LogP contribution >= 0.6 is 0 Å². The van der Waals surface area contributed by atoms with Gasteiger partial charge in [0.2, 0.25) is 5.95 Å². The summed E-state index contributed by atoms with van der Waals surface area (Å²) in [5.41, 5.74) is -0.0530. The Morgan fingerprint density at radius 3 is 2.54 bits per heavy atom. The first-order valence-electron chi connectivity index (χ1n) is 7.81. The van der Waals surface area contributed by atoms with E-state index >= 15 is 0 Å². The normalized spacial score (nSPS) is 11.4. The van der Waals surface area contributed by atoms with E-state index in [1.54, 1.807) is 19.1 Å². The van der Waals surface area contributed by atoms with Crippen molar-refractivity contribution < 1.29 is 13.2 Å². The maximum atomic E-state index is 13.1. The first-order valence-corrected chi connectivity index (χ1v) is 7.81. The van der Waals surface area contributed by atoms with Crippen molar-refractivity contribution in [2.24, 2.45) is 0 Å². The Morgan fingerprint density at radius 1 is 1.17 bits per heavy atom. The lowest BCUT2D eigenvalue weighted by Crippen LogP contribution is -2.21. The summed E-state index contributed by atoms with van der Waals surface area (Å²) in [6.45, 7) is 4.67. The molecule has 1 N–H and O–H groups in total. The SMILES string of the molecule is CCCCN(C)c1nc(C)cc(Nc2ccccc2C(F)(F)F)n1. The molecule has 0 bridgehead atoms. The van der Waals surface area contributed by atoms with E-state index in [4.69, 9.17) is 0 Å². The van der Waals surface area contributed by atoms with Gasteiger partial charge in [-0.3, -0.25) is 0 Å². The monoisotopic (exact) mass is 338 g/mol. The number of aryl methyl sites for hydroxylation is 1. The summed E-state index contributed by atoms with van der Waals surface area (Å²) in [7, 11) is 1.87. The number of halogens is 3. The van der Waals surface area contributed by atoms with Crippen LogP contribution in [0.3, 0.4) is 0 Å². The molecule has 7 heteroatoms. The fraction of sp³-hybridized carbons (Fsp3) is 0.412. The zero-order valence-corrected chi connectivity index (χ0v) is 14.0. The second-order valence-corrected chi connectivity index (χ2v) is 5.64. The highest BCUT2D eigenvalue weighted by Gasteiger charge is 2.33. The van der Waals surface area contributed by atoms with Gasteiger partial charge in [0, 0.05) is 25.4 Å². The van der Waals surface area contributed by atoms with Crippen LogP contribution < -0.4 is 10.2 Å². The van der Waals surface area contributed by atoms with Gasteiger partial charge in [0.25, 0.3) is 0 Å². The van der Waals surface area contributed by atoms with E-state index in [9.17, 15) is 13.2 Å². The van der Waals surface area contributed by atoms with Crippen LogP contribution in [0, 0.1) is 6.92 Å². The number of benzene rings is 1. The van der Waals surface area contributed by atoms with Crippen molar-refractivity contribution in [1.82, 2.24) is 9.97 Å². The topological polar surface area (TPSA) is 41.1 Å². The van der Waals surface area contributed by atoms with Crippen LogP contribution in [0.1, 0.15) is 31.0 Å². The molecule has 0 saturated carbocycles. The van der Waals surface area contributed by atoms with Crippen LogP contribution in [0.5, 0.6) is 0 Å². The molecule has 2 rings (SSSR count). The molecule has 0 aliphatic heterocycles. The average Bonchev–Trinajstić information content (AvgIpc) is 2.51. The molecule has 2 aromatic rings. The van der Waals surface area contributed by atoms with Crippen molar-refractivity contribution in [2.75, 3.05) is 23.8 Å². The molecule has 0 aliphatic rings. The van der Waals surface area contributed by atoms with Crippen molar-refractivity contribution in [1.29, 1.82) is 0 Å². The number of hydrogen-bond donors (Lipinski definition) is 1. The molecule has 0 aliphatic carbocycles. The van der Waals surface area contributed by atoms with Crippen molar-refractivity contribution in [3.8, 4) is 0 Å². The number of nitrogens with one attached hydrogen (secondary N) is 1. The zero-order valence-electron chi connectivity index (χ0n) is 14.0. The molecule has 1 aromatic heterocycles. The predicted octanol–water partition coefficient (Wildman–Crippen LogP) is 4.78. The van der Waals surface area contributed by atoms with Crippen LogP contribution in [-0.2, 0) is 6.18 Å². The maximum Gasteiger partial charge on any atom is 0.418 e. The lowest BCUT2D eigenvalue weighted by Gasteiger charge is -2.19. The van der Waals surface area contributed by atoms with E-state index in [0.29, 0.717) is 17.5 Å². The number of aromatic nitrogens is 2. The van der Waals surface area contributed by atoms with Gasteiger partial charge in [0.15, 0.2) is 0 Å². The molecule has 0 spiro atoms. The highest BCUT2D eigenvalue weighted by molar-refractivity contribution is 5.62. The van der Waals surface area contributed by atoms with E-state index in [0.717, 1.165) is 25.5 Å². The van der Waals surface area contributed by atoms with Gasteiger partial charge in [-0.05, 0) is 25.5 Å². The van der Waals surface area contributed by atoms with E-state index < -0.39 is 11.7 Å². The summed E-state index contributed by atoms with van der Waals surface area (Å²) < 4.78 is 39.3. The van der Waals surface area contributed by atoms with Gasteiger partial charge in [-0.1, -0.05) is 25.5 Å². The van der Waals surface area contributed by atoms with E-state index in [1.807, 2.05) is 11.9 Å². The second-order valence-electron chi connectivity index (χ2n) is 5.64. The van der Waals surface area contributed by atoms with Crippen LogP contribution in [0.25, 0.3) is 0 Å². The molecule has 1 aromatic carbocycles. The maximum absolute atomic E-state index is 13.1. The molecule has 0 atom stereocenters. The number of anilines is 3. The Labute approximate surface area is 139 Å². The fourth-order valence-corrected chi connectivity index (χ4v) is 2.26. The third kappa shape index (κ3) is 4.59. The number of nitrogens with zero attached hydrogens (tertiary/aromatic N) is 3. The van der Waals surface area contributed by atoms with Gasteiger partial charge in [-0.25, -0.2) is 4.98 Å². The van der Waals surface area contributed by atoms with E-state index in [2.05, 4.69) is 22.2 Å². The lowest BCUT2D eigenvalue weighted by molar-refractivity contribution is -0.136. The summed E-state index contributed by atoms with van der Waals surface area (Å²) in [6, 6.07) is 6.98. The van der Waals surface area contributed by atoms with Gasteiger partial charge in [0.1, 0.15) is 5.82 Å². The smallest absolute Gasteiger partial charge is 0.344 e. The third-order valence-electron chi connectivity index (χ3n) is 3.53. The quantitative estimate of drug-likeness (QED) is 0.823. The predicted molar refractivity (Wildman–Crippen MR) is 89.7 cm³/mol. The number of hydrogen-bond acceptors (Lipinski definition) is 4. The van der Waals surface area contributed by atoms with Crippen LogP contribution in [-0.4, -0.2) is 23.6 Å². The highest BCUT2D eigenvalue weighted by Crippen LogP contribution is 2.35. The average molecular weight is 338 g/mol. The summed E-state index contributed by atoms with van der Waals surface area (Å²) in [5, 5.41) is 2.77. The third-order valence-corrected chi connectivity index (χ3v) is 3.53. The Kier molecular flexibility index (Phi) is 5.64.